The third kappa shape index (κ3) is 4.90. The predicted octanol–water partition coefficient (Wildman–Crippen LogP) is 2.52. The van der Waals surface area contributed by atoms with Crippen molar-refractivity contribution in [2.24, 2.45) is 0 Å². The Hall–Kier alpha value is -1.24. The first kappa shape index (κ1) is 17.1. The Bertz CT molecular complexity index is 537. The lowest BCUT2D eigenvalue weighted by molar-refractivity contribution is -0.147. The third-order valence-corrected chi connectivity index (χ3v) is 4.68. The average molecular weight is 344 g/mol. The van der Waals surface area contributed by atoms with Crippen molar-refractivity contribution in [2.75, 3.05) is 19.7 Å². The smallest absolute Gasteiger partial charge is 0.306 e. The van der Waals surface area contributed by atoms with Crippen molar-refractivity contribution in [3.05, 3.63) is 29.3 Å². The molecule has 2 unspecified atom stereocenters. The number of carbonyl (C=O) groups is 2. The van der Waals surface area contributed by atoms with Crippen LogP contribution >= 0.6 is 23.4 Å². The molecule has 2 rings (SSSR count). The summed E-state index contributed by atoms with van der Waals surface area (Å²) in [4.78, 5) is 25.9. The van der Waals surface area contributed by atoms with Crippen LogP contribution in [0.2, 0.25) is 5.02 Å². The van der Waals surface area contributed by atoms with E-state index in [1.807, 2.05) is 19.1 Å². The highest BCUT2D eigenvalue weighted by atomic mass is 35.5. The number of hydrogen-bond acceptors (Lipinski definition) is 4. The van der Waals surface area contributed by atoms with Crippen LogP contribution in [-0.2, 0) is 14.3 Å². The molecule has 7 heteroatoms. The first-order valence-electron chi connectivity index (χ1n) is 7.00. The van der Waals surface area contributed by atoms with Gasteiger partial charge < -0.3 is 14.7 Å². The minimum absolute atomic E-state index is 0.00126. The molecule has 1 aliphatic rings. The van der Waals surface area contributed by atoms with E-state index in [2.05, 4.69) is 0 Å². The van der Waals surface area contributed by atoms with Gasteiger partial charge in [0.15, 0.2) is 0 Å². The first-order chi connectivity index (χ1) is 10.5. The number of amides is 1. The molecule has 1 N–H and O–H groups in total. The van der Waals surface area contributed by atoms with E-state index in [-0.39, 0.29) is 17.6 Å². The number of hydrogen-bond donors (Lipinski definition) is 1. The minimum Gasteiger partial charge on any atom is -0.481 e. The summed E-state index contributed by atoms with van der Waals surface area (Å²) in [5.41, 5.74) is 0. The monoisotopic (exact) mass is 343 g/mol. The molecule has 0 aliphatic carbocycles. The molecule has 22 heavy (non-hydrogen) atoms. The zero-order valence-electron chi connectivity index (χ0n) is 12.2. The van der Waals surface area contributed by atoms with Gasteiger partial charge in [0.25, 0.3) is 0 Å². The lowest BCUT2D eigenvalue weighted by Gasteiger charge is -2.33. The van der Waals surface area contributed by atoms with Crippen LogP contribution in [0.25, 0.3) is 0 Å². The van der Waals surface area contributed by atoms with Gasteiger partial charge in [0, 0.05) is 23.0 Å². The maximum atomic E-state index is 12.5. The second kappa shape index (κ2) is 7.85. The van der Waals surface area contributed by atoms with E-state index in [0.717, 1.165) is 4.90 Å². The summed E-state index contributed by atoms with van der Waals surface area (Å²) in [6.45, 7) is 3.06. The molecule has 0 saturated carbocycles. The molecule has 1 aromatic carbocycles. The van der Waals surface area contributed by atoms with Gasteiger partial charge in [-0.25, -0.2) is 0 Å². The van der Waals surface area contributed by atoms with Crippen LogP contribution in [0.4, 0.5) is 0 Å². The van der Waals surface area contributed by atoms with Crippen LogP contribution in [-0.4, -0.2) is 52.9 Å². The van der Waals surface area contributed by atoms with Gasteiger partial charge in [-0.2, -0.15) is 0 Å². The molecule has 1 aromatic rings. The number of carboxylic acids is 1. The van der Waals surface area contributed by atoms with Crippen molar-refractivity contribution in [1.29, 1.82) is 0 Å². The summed E-state index contributed by atoms with van der Waals surface area (Å²) in [5.74, 6) is -0.915. The number of carbonyl (C=O) groups excluding carboxylic acids is 1. The van der Waals surface area contributed by atoms with Gasteiger partial charge in [-0.3, -0.25) is 9.59 Å². The fourth-order valence-electron chi connectivity index (χ4n) is 2.26. The Labute approximate surface area is 138 Å². The third-order valence-electron chi connectivity index (χ3n) is 3.33. The lowest BCUT2D eigenvalue weighted by atomic mass is 10.2. The van der Waals surface area contributed by atoms with Gasteiger partial charge in [-0.05, 0) is 31.2 Å². The second-order valence-corrected chi connectivity index (χ2v) is 6.94. The Balaban J connectivity index is 1.91. The number of aliphatic carboxylic acids is 1. The van der Waals surface area contributed by atoms with Crippen molar-refractivity contribution in [3.63, 3.8) is 0 Å². The van der Waals surface area contributed by atoms with Gasteiger partial charge >= 0.3 is 5.97 Å². The molecule has 1 aliphatic heterocycles. The molecule has 0 radical (unpaired) electrons. The molecule has 5 nitrogen and oxygen atoms in total. The van der Waals surface area contributed by atoms with Crippen molar-refractivity contribution in [3.8, 4) is 0 Å². The average Bonchev–Trinajstić information content (AvgIpc) is 2.48. The number of carboxylic acid groups (broad SMARTS) is 1. The van der Waals surface area contributed by atoms with Crippen molar-refractivity contribution < 1.29 is 19.4 Å². The molecule has 120 valence electrons. The topological polar surface area (TPSA) is 66.8 Å². The summed E-state index contributed by atoms with van der Waals surface area (Å²) in [6, 6.07) is 7.34. The molecule has 1 saturated heterocycles. The number of halogens is 1. The fourth-order valence-corrected chi connectivity index (χ4v) is 3.34. The molecule has 1 heterocycles. The van der Waals surface area contributed by atoms with Gasteiger partial charge in [0.05, 0.1) is 24.4 Å². The Morgan fingerprint density at radius 1 is 1.45 bits per heavy atom. The van der Waals surface area contributed by atoms with E-state index in [0.29, 0.717) is 24.7 Å². The van der Waals surface area contributed by atoms with E-state index in [1.165, 1.54) is 11.8 Å². The summed E-state index contributed by atoms with van der Waals surface area (Å²) >= 11 is 7.31. The quantitative estimate of drug-likeness (QED) is 0.832. The van der Waals surface area contributed by atoms with Crippen molar-refractivity contribution >= 4 is 35.2 Å². The predicted molar refractivity (Wildman–Crippen MR) is 85.3 cm³/mol. The zero-order valence-corrected chi connectivity index (χ0v) is 13.8. The molecular weight excluding hydrogens is 326 g/mol. The van der Waals surface area contributed by atoms with E-state index in [4.69, 9.17) is 21.4 Å². The highest BCUT2D eigenvalue weighted by molar-refractivity contribution is 8.00. The Kier molecular flexibility index (Phi) is 6.11. The highest BCUT2D eigenvalue weighted by Crippen LogP contribution is 2.26. The van der Waals surface area contributed by atoms with Crippen LogP contribution in [0.1, 0.15) is 13.3 Å². The molecule has 0 aromatic heterocycles. The number of nitrogens with zero attached hydrogens (tertiary/aromatic N) is 1. The molecule has 2 atom stereocenters. The highest BCUT2D eigenvalue weighted by Gasteiger charge is 2.28. The second-order valence-electron chi connectivity index (χ2n) is 5.09. The normalized spacial score (nSPS) is 19.7. The Morgan fingerprint density at radius 3 is 2.77 bits per heavy atom. The zero-order chi connectivity index (χ0) is 16.1. The van der Waals surface area contributed by atoms with Crippen molar-refractivity contribution in [2.45, 2.75) is 29.6 Å². The summed E-state index contributed by atoms with van der Waals surface area (Å²) < 4.78 is 5.38. The van der Waals surface area contributed by atoms with E-state index >= 15 is 0 Å². The van der Waals surface area contributed by atoms with Crippen molar-refractivity contribution in [1.82, 2.24) is 4.90 Å². The lowest BCUT2D eigenvalue weighted by Crippen LogP contribution is -2.48. The number of thioether (sulfide) groups is 1. The maximum Gasteiger partial charge on any atom is 0.306 e. The minimum atomic E-state index is -0.914. The standard InChI is InChI=1S/C15H18ClNO4S/c1-10(22-13-4-2-11(16)3-5-13)15(20)17-6-7-21-12(9-17)8-14(18)19/h2-5,10,12H,6-9H2,1H3,(H,18,19). The summed E-state index contributed by atoms with van der Waals surface area (Å²) in [6.07, 6.45) is -0.509. The molecular formula is C15H18ClNO4S. The largest absolute Gasteiger partial charge is 0.481 e. The van der Waals surface area contributed by atoms with Crippen LogP contribution in [0.5, 0.6) is 0 Å². The van der Waals surface area contributed by atoms with Gasteiger partial charge in [0.2, 0.25) is 5.91 Å². The van der Waals surface area contributed by atoms with E-state index < -0.39 is 12.1 Å². The number of benzene rings is 1. The van der Waals surface area contributed by atoms with Crippen LogP contribution in [0, 0.1) is 0 Å². The van der Waals surface area contributed by atoms with Gasteiger partial charge in [-0.1, -0.05) is 11.6 Å². The molecule has 0 bridgehead atoms. The van der Waals surface area contributed by atoms with Gasteiger partial charge in [0.1, 0.15) is 0 Å². The Morgan fingerprint density at radius 2 is 2.14 bits per heavy atom. The van der Waals surface area contributed by atoms with E-state index in [9.17, 15) is 9.59 Å². The fraction of sp³-hybridized carbons (Fsp3) is 0.467. The number of ether oxygens (including phenoxy) is 1. The van der Waals surface area contributed by atoms with Crippen LogP contribution in [0.3, 0.4) is 0 Å². The SMILES string of the molecule is CC(Sc1ccc(Cl)cc1)C(=O)N1CCOC(CC(=O)O)C1. The van der Waals surface area contributed by atoms with Crippen LogP contribution in [0.15, 0.2) is 29.2 Å². The number of rotatable bonds is 5. The van der Waals surface area contributed by atoms with E-state index in [1.54, 1.807) is 17.0 Å². The maximum absolute atomic E-state index is 12.5. The molecule has 1 fully saturated rings. The molecule has 0 spiro atoms. The molecule has 1 amide bonds. The number of morpholine rings is 1. The first-order valence-corrected chi connectivity index (χ1v) is 8.26. The van der Waals surface area contributed by atoms with Crippen LogP contribution < -0.4 is 0 Å². The summed E-state index contributed by atoms with van der Waals surface area (Å²) in [7, 11) is 0. The summed E-state index contributed by atoms with van der Waals surface area (Å²) in [5, 5.41) is 9.23. The van der Waals surface area contributed by atoms with Gasteiger partial charge in [-0.15, -0.1) is 11.8 Å².